The molecule has 0 spiro atoms. The van der Waals surface area contributed by atoms with Gasteiger partial charge in [0.05, 0.1) is 0 Å². The van der Waals surface area contributed by atoms with E-state index >= 15 is 0 Å². The lowest BCUT2D eigenvalue weighted by Crippen LogP contribution is -2.30. The van der Waals surface area contributed by atoms with E-state index in [-0.39, 0.29) is 31.1 Å². The Bertz CT molecular complexity index is 798. The molecule has 2 atom stereocenters. The maximum Gasteiger partial charge on any atom is 0.306 e. The lowest BCUT2D eigenvalue weighted by Gasteiger charge is -2.18. The van der Waals surface area contributed by atoms with E-state index in [2.05, 4.69) is 27.7 Å². The minimum Gasteiger partial charge on any atom is -0.462 e. The molecule has 0 aromatic carbocycles. The van der Waals surface area contributed by atoms with Crippen molar-refractivity contribution in [2.75, 3.05) is 13.2 Å². The zero-order chi connectivity index (χ0) is 38.9. The third kappa shape index (κ3) is 39.9. The van der Waals surface area contributed by atoms with Crippen molar-refractivity contribution >= 4 is 17.9 Å². The van der Waals surface area contributed by atoms with E-state index in [1.54, 1.807) is 0 Å². The quantitative estimate of drug-likeness (QED) is 0.0351. The number of carbonyl (C=O) groups excluding carboxylic acids is 3. The van der Waals surface area contributed by atoms with Crippen molar-refractivity contribution in [3.8, 4) is 0 Å². The molecule has 0 aliphatic rings. The second-order valence-electron chi connectivity index (χ2n) is 16.3. The fourth-order valence-electron chi connectivity index (χ4n) is 6.95. The third-order valence-electron chi connectivity index (χ3n) is 10.9. The standard InChI is InChI=1S/C47H90O6/c1-5-8-10-12-14-16-18-23-26-30-34-38-45(48)51-41-44(53-47(50)40-36-32-28-22-17-15-13-11-9-6-2)42-52-46(49)39-35-31-27-24-20-19-21-25-29-33-37-43(4)7-3/h43-44H,5-42H2,1-4H3/t43?,44-/m1/s1. The molecule has 0 radical (unpaired) electrons. The summed E-state index contributed by atoms with van der Waals surface area (Å²) in [6.45, 7) is 9.01. The number of esters is 3. The average molecular weight is 751 g/mol. The molecule has 1 unspecified atom stereocenters. The molecule has 0 aromatic heterocycles. The highest BCUT2D eigenvalue weighted by molar-refractivity contribution is 5.71. The fraction of sp³-hybridized carbons (Fsp3) is 0.936. The highest BCUT2D eigenvalue weighted by Crippen LogP contribution is 2.17. The summed E-state index contributed by atoms with van der Waals surface area (Å²) in [4.78, 5) is 37.7. The van der Waals surface area contributed by atoms with Gasteiger partial charge in [-0.05, 0) is 25.2 Å². The summed E-state index contributed by atoms with van der Waals surface area (Å²) in [5, 5.41) is 0. The van der Waals surface area contributed by atoms with Gasteiger partial charge in [0.15, 0.2) is 6.10 Å². The maximum atomic E-state index is 12.7. The fourth-order valence-corrected chi connectivity index (χ4v) is 6.95. The Balaban J connectivity index is 4.31. The van der Waals surface area contributed by atoms with E-state index in [0.717, 1.165) is 63.7 Å². The van der Waals surface area contributed by atoms with E-state index in [0.29, 0.717) is 19.3 Å². The number of carbonyl (C=O) groups is 3. The van der Waals surface area contributed by atoms with E-state index in [9.17, 15) is 14.4 Å². The van der Waals surface area contributed by atoms with Gasteiger partial charge in [0.1, 0.15) is 13.2 Å². The Hall–Kier alpha value is -1.59. The summed E-state index contributed by atoms with van der Waals surface area (Å²) in [5.74, 6) is 0.0157. The summed E-state index contributed by atoms with van der Waals surface area (Å²) in [6.07, 6.45) is 40.7. The van der Waals surface area contributed by atoms with Crippen LogP contribution in [0.25, 0.3) is 0 Å². The summed E-state index contributed by atoms with van der Waals surface area (Å²) in [7, 11) is 0. The Kier molecular flexibility index (Phi) is 40.3. The van der Waals surface area contributed by atoms with Crippen molar-refractivity contribution < 1.29 is 28.6 Å². The van der Waals surface area contributed by atoms with Crippen LogP contribution in [0.1, 0.15) is 259 Å². The monoisotopic (exact) mass is 751 g/mol. The van der Waals surface area contributed by atoms with Gasteiger partial charge in [0, 0.05) is 19.3 Å². The van der Waals surface area contributed by atoms with E-state index in [1.165, 1.54) is 154 Å². The third-order valence-corrected chi connectivity index (χ3v) is 10.9. The molecule has 0 saturated heterocycles. The van der Waals surface area contributed by atoms with Crippen LogP contribution in [0.15, 0.2) is 0 Å². The Morgan fingerprint density at radius 3 is 0.981 bits per heavy atom. The van der Waals surface area contributed by atoms with Gasteiger partial charge in [-0.25, -0.2) is 0 Å². The van der Waals surface area contributed by atoms with Crippen LogP contribution in [0, 0.1) is 5.92 Å². The van der Waals surface area contributed by atoms with Crippen molar-refractivity contribution in [3.05, 3.63) is 0 Å². The molecule has 0 aliphatic carbocycles. The molecule has 0 aromatic rings. The minimum absolute atomic E-state index is 0.0637. The molecule has 53 heavy (non-hydrogen) atoms. The predicted octanol–water partition coefficient (Wildman–Crippen LogP) is 14.7. The van der Waals surface area contributed by atoms with Crippen LogP contribution in [0.3, 0.4) is 0 Å². The highest BCUT2D eigenvalue weighted by atomic mass is 16.6. The molecule has 0 fully saturated rings. The van der Waals surface area contributed by atoms with Crippen molar-refractivity contribution in [3.63, 3.8) is 0 Å². The van der Waals surface area contributed by atoms with E-state index < -0.39 is 6.10 Å². The van der Waals surface area contributed by atoms with Crippen LogP contribution in [-0.4, -0.2) is 37.2 Å². The van der Waals surface area contributed by atoms with Crippen LogP contribution >= 0.6 is 0 Å². The minimum atomic E-state index is -0.758. The van der Waals surface area contributed by atoms with Gasteiger partial charge in [-0.1, -0.05) is 220 Å². The van der Waals surface area contributed by atoms with Crippen LogP contribution < -0.4 is 0 Å². The smallest absolute Gasteiger partial charge is 0.306 e. The molecule has 0 saturated carbocycles. The number of hydrogen-bond acceptors (Lipinski definition) is 6. The van der Waals surface area contributed by atoms with Gasteiger partial charge >= 0.3 is 17.9 Å². The molecule has 0 amide bonds. The van der Waals surface area contributed by atoms with Crippen LogP contribution in [0.2, 0.25) is 0 Å². The topological polar surface area (TPSA) is 78.9 Å². The molecular weight excluding hydrogens is 661 g/mol. The normalized spacial score (nSPS) is 12.5. The van der Waals surface area contributed by atoms with Crippen molar-refractivity contribution in [2.45, 2.75) is 265 Å². The molecule has 314 valence electrons. The van der Waals surface area contributed by atoms with Crippen LogP contribution in [0.5, 0.6) is 0 Å². The molecule has 0 rings (SSSR count). The summed E-state index contributed by atoms with van der Waals surface area (Å²) >= 11 is 0. The van der Waals surface area contributed by atoms with Gasteiger partial charge in [-0.15, -0.1) is 0 Å². The lowest BCUT2D eigenvalue weighted by atomic mass is 9.99. The average Bonchev–Trinajstić information content (AvgIpc) is 3.15. The first-order chi connectivity index (χ1) is 25.9. The first-order valence-electron chi connectivity index (χ1n) is 23.4. The molecule has 6 nitrogen and oxygen atoms in total. The maximum absolute atomic E-state index is 12.7. The van der Waals surface area contributed by atoms with Gasteiger partial charge in [-0.2, -0.15) is 0 Å². The Morgan fingerprint density at radius 1 is 0.377 bits per heavy atom. The number of ether oxygens (including phenoxy) is 3. The van der Waals surface area contributed by atoms with Gasteiger partial charge in [-0.3, -0.25) is 14.4 Å². The molecule has 0 N–H and O–H groups in total. The van der Waals surface area contributed by atoms with Crippen LogP contribution in [-0.2, 0) is 28.6 Å². The largest absolute Gasteiger partial charge is 0.462 e. The predicted molar refractivity (Wildman–Crippen MR) is 224 cm³/mol. The SMILES string of the molecule is CCCCCCCCCCCCCC(=O)OC[C@H](COC(=O)CCCCCCCCCCCCC(C)CC)OC(=O)CCCCCCCCCCCC. The van der Waals surface area contributed by atoms with Crippen molar-refractivity contribution in [2.24, 2.45) is 5.92 Å². The van der Waals surface area contributed by atoms with E-state index in [1.807, 2.05) is 0 Å². The van der Waals surface area contributed by atoms with E-state index in [4.69, 9.17) is 14.2 Å². The molecule has 0 bridgehead atoms. The highest BCUT2D eigenvalue weighted by Gasteiger charge is 2.19. The second-order valence-corrected chi connectivity index (χ2v) is 16.3. The van der Waals surface area contributed by atoms with Gasteiger partial charge in [0.2, 0.25) is 0 Å². The molecule has 0 aliphatic heterocycles. The second kappa shape index (κ2) is 41.6. The number of unbranched alkanes of at least 4 members (excludes halogenated alkanes) is 28. The summed E-state index contributed by atoms with van der Waals surface area (Å²) in [6, 6.07) is 0. The number of hydrogen-bond donors (Lipinski definition) is 0. The number of rotatable bonds is 42. The van der Waals surface area contributed by atoms with Crippen LogP contribution in [0.4, 0.5) is 0 Å². The summed E-state index contributed by atoms with van der Waals surface area (Å²) in [5.41, 5.74) is 0. The molecule has 0 heterocycles. The zero-order valence-corrected chi connectivity index (χ0v) is 36.0. The first kappa shape index (κ1) is 51.4. The Labute approximate surface area is 329 Å². The van der Waals surface area contributed by atoms with Gasteiger partial charge in [0.25, 0.3) is 0 Å². The van der Waals surface area contributed by atoms with Gasteiger partial charge < -0.3 is 14.2 Å². The van der Waals surface area contributed by atoms with Crippen molar-refractivity contribution in [1.82, 2.24) is 0 Å². The molecule has 6 heteroatoms. The summed E-state index contributed by atoms with van der Waals surface area (Å²) < 4.78 is 16.7. The van der Waals surface area contributed by atoms with Crippen molar-refractivity contribution in [1.29, 1.82) is 0 Å². The lowest BCUT2D eigenvalue weighted by molar-refractivity contribution is -0.167. The first-order valence-corrected chi connectivity index (χ1v) is 23.4. The molecular formula is C47H90O6. The zero-order valence-electron chi connectivity index (χ0n) is 36.0. The Morgan fingerprint density at radius 2 is 0.660 bits per heavy atom.